The molecule has 24 heteroatoms. The number of aromatic nitrogens is 8. The van der Waals surface area contributed by atoms with Crippen LogP contribution in [0.1, 0.15) is 18.9 Å². The molecule has 44 heavy (non-hydrogen) atoms. The lowest BCUT2D eigenvalue weighted by atomic mass is 10.1. The van der Waals surface area contributed by atoms with E-state index in [1.165, 1.54) is 17.2 Å². The SMILES string of the molecule is Nc1nc2c(ncn2[C@@H]2O[C@H](CO[P+](=O)O)[C@@H](OP(O)(=S)OC[C@@H]3C[C@@H](O)[C@H](n4cnc5c(N)ncnc54)O3)[C@H]2F)c(=O)[nH]1. The van der Waals surface area contributed by atoms with E-state index < -0.39 is 70.2 Å². The Labute approximate surface area is 250 Å². The molecule has 236 valence electrons. The minimum atomic E-state index is -4.24. The van der Waals surface area contributed by atoms with Crippen molar-refractivity contribution in [3.8, 4) is 0 Å². The molecule has 0 aliphatic carbocycles. The summed E-state index contributed by atoms with van der Waals surface area (Å²) >= 11 is 5.12. The Kier molecular flexibility index (Phi) is 8.41. The fraction of sp³-hybridized carbons (Fsp3) is 0.500. The van der Waals surface area contributed by atoms with Gasteiger partial charge in [0, 0.05) is 11.0 Å². The molecular weight excluding hydrogens is 653 g/mol. The number of nitrogens with one attached hydrogen (secondary N) is 1. The number of hydrogen-bond donors (Lipinski definition) is 6. The molecular formula is C20H24FN10O10P2S+. The fourth-order valence-electron chi connectivity index (χ4n) is 4.95. The van der Waals surface area contributed by atoms with E-state index in [1.807, 2.05) is 0 Å². The second kappa shape index (κ2) is 12.0. The minimum absolute atomic E-state index is 0.0591. The molecule has 0 aromatic carbocycles. The number of imidazole rings is 2. The highest BCUT2D eigenvalue weighted by molar-refractivity contribution is 8.07. The zero-order valence-electron chi connectivity index (χ0n) is 22.1. The predicted molar refractivity (Wildman–Crippen MR) is 149 cm³/mol. The number of aliphatic hydroxyl groups is 1. The Morgan fingerprint density at radius 3 is 2.61 bits per heavy atom. The van der Waals surface area contributed by atoms with Gasteiger partial charge in [-0.05, 0) is 11.8 Å². The Morgan fingerprint density at radius 1 is 1.14 bits per heavy atom. The van der Waals surface area contributed by atoms with Crippen LogP contribution < -0.4 is 17.0 Å². The Morgan fingerprint density at radius 2 is 1.86 bits per heavy atom. The van der Waals surface area contributed by atoms with Gasteiger partial charge in [-0.25, -0.2) is 24.3 Å². The monoisotopic (exact) mass is 677 g/mol. The number of nitrogens with two attached hydrogens (primary N) is 2. The van der Waals surface area contributed by atoms with Crippen molar-refractivity contribution in [3.05, 3.63) is 29.3 Å². The number of fused-ring (bicyclic) bond motifs is 2. The van der Waals surface area contributed by atoms with E-state index >= 15 is 4.39 Å². The van der Waals surface area contributed by atoms with Crippen LogP contribution >= 0.6 is 15.0 Å². The van der Waals surface area contributed by atoms with E-state index in [9.17, 15) is 19.4 Å². The number of hydrogen-bond acceptors (Lipinski definition) is 16. The van der Waals surface area contributed by atoms with Gasteiger partial charge >= 0.3 is 15.0 Å². The Bertz CT molecular complexity index is 1830. The average Bonchev–Trinajstić information content (AvgIpc) is 3.72. The van der Waals surface area contributed by atoms with Crippen LogP contribution in [0.4, 0.5) is 16.2 Å². The quantitative estimate of drug-likeness (QED) is 0.113. The number of aromatic amines is 1. The molecule has 2 aliphatic rings. The molecule has 8 N–H and O–H groups in total. The van der Waals surface area contributed by atoms with Gasteiger partial charge in [0.05, 0.1) is 25.4 Å². The summed E-state index contributed by atoms with van der Waals surface area (Å²) in [5, 5.41) is 10.6. The van der Waals surface area contributed by atoms with Crippen LogP contribution in [-0.4, -0.2) is 97.7 Å². The maximum Gasteiger partial charge on any atom is 0.694 e. The van der Waals surface area contributed by atoms with Crippen LogP contribution in [-0.2, 0) is 39.4 Å². The summed E-state index contributed by atoms with van der Waals surface area (Å²) in [4.78, 5) is 54.4. The number of ether oxygens (including phenoxy) is 2. The van der Waals surface area contributed by atoms with E-state index in [0.717, 1.165) is 10.9 Å². The van der Waals surface area contributed by atoms with E-state index in [2.05, 4.69) is 29.9 Å². The number of alkyl halides is 1. The van der Waals surface area contributed by atoms with Crippen molar-refractivity contribution in [2.24, 2.45) is 0 Å². The Hall–Kier alpha value is -3.14. The zero-order valence-corrected chi connectivity index (χ0v) is 24.7. The van der Waals surface area contributed by atoms with Crippen molar-refractivity contribution in [2.45, 2.75) is 49.5 Å². The number of anilines is 2. The third-order valence-electron chi connectivity index (χ3n) is 6.85. The molecule has 4 aromatic heterocycles. The van der Waals surface area contributed by atoms with Crippen LogP contribution in [0.25, 0.3) is 22.3 Å². The largest absolute Gasteiger partial charge is 0.694 e. The van der Waals surface area contributed by atoms with E-state index in [0.29, 0.717) is 11.2 Å². The molecule has 4 aromatic rings. The van der Waals surface area contributed by atoms with Crippen molar-refractivity contribution in [1.82, 2.24) is 39.0 Å². The fourth-order valence-corrected chi connectivity index (χ4v) is 6.68. The van der Waals surface area contributed by atoms with Gasteiger partial charge in [0.25, 0.3) is 5.56 Å². The summed E-state index contributed by atoms with van der Waals surface area (Å²) < 4.78 is 56.8. The number of H-pyrrole nitrogens is 1. The molecule has 0 bridgehead atoms. The first kappa shape index (κ1) is 30.9. The van der Waals surface area contributed by atoms with Gasteiger partial charge in [0.2, 0.25) is 5.95 Å². The molecule has 2 aliphatic heterocycles. The van der Waals surface area contributed by atoms with Crippen LogP contribution in [0.5, 0.6) is 0 Å². The third kappa shape index (κ3) is 5.94. The first-order valence-corrected chi connectivity index (χ1v) is 16.4. The van der Waals surface area contributed by atoms with E-state index in [-0.39, 0.29) is 36.0 Å². The van der Waals surface area contributed by atoms with Gasteiger partial charge < -0.3 is 35.5 Å². The average molecular weight is 677 g/mol. The third-order valence-corrected chi connectivity index (χ3v) is 8.78. The smallest absolute Gasteiger partial charge is 0.388 e. The lowest BCUT2D eigenvalue weighted by molar-refractivity contribution is -0.0512. The minimum Gasteiger partial charge on any atom is -0.388 e. The summed E-state index contributed by atoms with van der Waals surface area (Å²) in [5.74, 6) is -0.115. The second-order valence-corrected chi connectivity index (χ2v) is 13.2. The number of rotatable bonds is 10. The lowest BCUT2D eigenvalue weighted by Crippen LogP contribution is -2.33. The van der Waals surface area contributed by atoms with Crippen molar-refractivity contribution in [1.29, 1.82) is 0 Å². The van der Waals surface area contributed by atoms with Crippen LogP contribution in [0.2, 0.25) is 0 Å². The summed E-state index contributed by atoms with van der Waals surface area (Å²) in [6, 6.07) is 0. The summed E-state index contributed by atoms with van der Waals surface area (Å²) in [5.41, 5.74) is 11.1. The molecule has 2 saturated heterocycles. The first-order valence-electron chi connectivity index (χ1n) is 12.6. The molecule has 2 fully saturated rings. The molecule has 0 radical (unpaired) electrons. The molecule has 6 rings (SSSR count). The molecule has 0 amide bonds. The van der Waals surface area contributed by atoms with Gasteiger partial charge in [-0.3, -0.25) is 23.4 Å². The van der Waals surface area contributed by atoms with Gasteiger partial charge in [-0.1, -0.05) is 0 Å². The highest BCUT2D eigenvalue weighted by Crippen LogP contribution is 2.50. The normalized spacial score (nSPS) is 29.0. The topological polar surface area (TPSA) is 283 Å². The maximum atomic E-state index is 15.9. The van der Waals surface area contributed by atoms with Crippen molar-refractivity contribution in [3.63, 3.8) is 0 Å². The summed E-state index contributed by atoms with van der Waals surface area (Å²) in [6.07, 6.45) is -5.68. The van der Waals surface area contributed by atoms with Gasteiger partial charge in [-0.15, -0.1) is 9.42 Å². The van der Waals surface area contributed by atoms with E-state index in [4.69, 9.17) is 51.2 Å². The highest BCUT2D eigenvalue weighted by atomic mass is 32.5. The summed E-state index contributed by atoms with van der Waals surface area (Å²) in [6.45, 7) is -5.24. The van der Waals surface area contributed by atoms with Crippen molar-refractivity contribution in [2.75, 3.05) is 24.7 Å². The number of nitrogens with zero attached hydrogens (tertiary/aromatic N) is 7. The molecule has 0 spiro atoms. The molecule has 2 unspecified atom stereocenters. The first-order chi connectivity index (χ1) is 20.9. The summed E-state index contributed by atoms with van der Waals surface area (Å²) in [7, 11) is -3.10. The lowest BCUT2D eigenvalue weighted by Gasteiger charge is -2.24. The Balaban J connectivity index is 1.15. The molecule has 6 heterocycles. The predicted octanol–water partition coefficient (Wildman–Crippen LogP) is -0.707. The van der Waals surface area contributed by atoms with Crippen molar-refractivity contribution < 1.29 is 46.9 Å². The zero-order chi connectivity index (χ0) is 31.3. The van der Waals surface area contributed by atoms with Gasteiger partial charge in [0.1, 0.15) is 36.8 Å². The molecule has 20 nitrogen and oxygen atoms in total. The van der Waals surface area contributed by atoms with E-state index in [1.54, 1.807) is 0 Å². The molecule has 0 saturated carbocycles. The van der Waals surface area contributed by atoms with Crippen LogP contribution in [0.15, 0.2) is 23.8 Å². The van der Waals surface area contributed by atoms with Gasteiger partial charge in [0.15, 0.2) is 41.3 Å². The van der Waals surface area contributed by atoms with Crippen LogP contribution in [0, 0.1) is 0 Å². The number of aliphatic hydroxyl groups excluding tert-OH is 1. The maximum absolute atomic E-state index is 15.9. The van der Waals surface area contributed by atoms with Gasteiger partial charge in [-0.2, -0.15) is 4.98 Å². The van der Waals surface area contributed by atoms with Crippen molar-refractivity contribution >= 4 is 60.9 Å². The standard InChI is InChI=1S/C20H23FN10O10P2S/c21-10-13(9(3-37-42(34)35)40-19(10)31-6-27-12-16(31)28-20(23)29-17(12)33)41-43(36,44)38-2-7-1-8(32)18(39-7)30-5-26-11-14(22)24-4-25-15(11)30/h4-10,13,18-19,32H,1-3H2,(H6-,22,23,24,25,28,29,33,34,35,36,44)/p+1/t7-,8+,9+,10+,13+,18+,19+,43?/m0/s1. The number of halogens is 1. The molecule has 9 atom stereocenters. The second-order valence-electron chi connectivity index (χ2n) is 9.69. The highest BCUT2D eigenvalue weighted by Gasteiger charge is 2.51. The number of nitrogen functional groups attached to an aromatic ring is 2. The van der Waals surface area contributed by atoms with Crippen LogP contribution in [0.3, 0.4) is 0 Å².